The average molecular weight is 446 g/mol. The van der Waals surface area contributed by atoms with Gasteiger partial charge in [-0.3, -0.25) is 4.99 Å². The second kappa shape index (κ2) is 12.1. The number of benzene rings is 1. The number of hydrogen-bond donors (Lipinski definition) is 1. The monoisotopic (exact) mass is 445 g/mol. The van der Waals surface area contributed by atoms with Gasteiger partial charge >= 0.3 is 0 Å². The molecule has 2 heterocycles. The molecule has 33 heavy (non-hydrogen) atoms. The minimum absolute atomic E-state index is 0.480. The summed E-state index contributed by atoms with van der Waals surface area (Å²) in [4.78, 5) is 15.9. The van der Waals surface area contributed by atoms with E-state index < -0.39 is 0 Å². The molecule has 1 saturated heterocycles. The lowest BCUT2D eigenvalue weighted by molar-refractivity contribution is 0.0595. The van der Waals surface area contributed by atoms with Gasteiger partial charge in [-0.25, -0.2) is 9.97 Å². The molecular weight excluding hydrogens is 410 g/mol. The van der Waals surface area contributed by atoms with E-state index in [0.29, 0.717) is 11.7 Å². The lowest BCUT2D eigenvalue weighted by Crippen LogP contribution is -2.25. The lowest BCUT2D eigenvalue weighted by Gasteiger charge is -2.23. The number of aliphatic imine (C=N–C) groups is 1. The Morgan fingerprint density at radius 2 is 2.18 bits per heavy atom. The molecule has 1 aromatic heterocycles. The van der Waals surface area contributed by atoms with Crippen LogP contribution < -0.4 is 5.32 Å². The summed E-state index contributed by atoms with van der Waals surface area (Å²) in [5.41, 5.74) is 5.01. The van der Waals surface area contributed by atoms with Crippen LogP contribution in [0.5, 0.6) is 0 Å². The summed E-state index contributed by atoms with van der Waals surface area (Å²) in [5, 5.41) is 3.57. The maximum absolute atomic E-state index is 5.65. The van der Waals surface area contributed by atoms with Gasteiger partial charge in [0.1, 0.15) is 5.82 Å². The maximum atomic E-state index is 5.65. The highest BCUT2D eigenvalue weighted by Gasteiger charge is 2.17. The van der Waals surface area contributed by atoms with Gasteiger partial charge < -0.3 is 15.0 Å². The van der Waals surface area contributed by atoms with E-state index in [0.717, 1.165) is 66.3 Å². The molecule has 0 bridgehead atoms. The Morgan fingerprint density at radius 3 is 2.85 bits per heavy atom. The van der Waals surface area contributed by atoms with Crippen molar-refractivity contribution in [2.24, 2.45) is 10.9 Å². The van der Waals surface area contributed by atoms with Gasteiger partial charge in [0, 0.05) is 69.6 Å². The van der Waals surface area contributed by atoms with E-state index in [-0.39, 0.29) is 0 Å². The Labute approximate surface area is 197 Å². The van der Waals surface area contributed by atoms with Crippen LogP contribution in [0.4, 0.5) is 5.82 Å². The highest BCUT2D eigenvalue weighted by atomic mass is 16.5. The molecule has 1 aliphatic rings. The van der Waals surface area contributed by atoms with Gasteiger partial charge in [-0.2, -0.15) is 0 Å². The number of aromatic nitrogens is 2. The fourth-order valence-corrected chi connectivity index (χ4v) is 3.88. The fraction of sp³-hybridized carbons (Fsp3) is 0.370. The summed E-state index contributed by atoms with van der Waals surface area (Å²) in [7, 11) is 5.78. The SMILES string of the molecule is C=C/C(=C\N(C)C)c1cccc(-c2ncc(C(/C=N\C)=C/C)c(NCC3CCCOC3)n2)c1. The number of hydrogen-bond acceptors (Lipinski definition) is 6. The smallest absolute Gasteiger partial charge is 0.161 e. The molecule has 0 saturated carbocycles. The van der Waals surface area contributed by atoms with Crippen molar-refractivity contribution >= 4 is 23.2 Å². The third-order valence-corrected chi connectivity index (χ3v) is 5.56. The van der Waals surface area contributed by atoms with Crippen molar-refractivity contribution in [3.63, 3.8) is 0 Å². The van der Waals surface area contributed by atoms with Crippen molar-refractivity contribution in [1.82, 2.24) is 14.9 Å². The predicted molar refractivity (Wildman–Crippen MR) is 139 cm³/mol. The van der Waals surface area contributed by atoms with Crippen molar-refractivity contribution in [1.29, 1.82) is 0 Å². The van der Waals surface area contributed by atoms with Crippen molar-refractivity contribution in [2.45, 2.75) is 19.8 Å². The average Bonchev–Trinajstić information content (AvgIpc) is 2.85. The van der Waals surface area contributed by atoms with Gasteiger partial charge in [-0.05, 0) is 42.9 Å². The van der Waals surface area contributed by atoms with Gasteiger partial charge in [-0.15, -0.1) is 0 Å². The number of nitrogens with one attached hydrogen (secondary N) is 1. The first-order chi connectivity index (χ1) is 16.0. The van der Waals surface area contributed by atoms with Gasteiger partial charge in [0.25, 0.3) is 0 Å². The summed E-state index contributed by atoms with van der Waals surface area (Å²) in [5.74, 6) is 1.98. The van der Waals surface area contributed by atoms with Gasteiger partial charge in [0.2, 0.25) is 0 Å². The first kappa shape index (κ1) is 24.4. The first-order valence-electron chi connectivity index (χ1n) is 11.4. The molecule has 1 aliphatic heterocycles. The fourth-order valence-electron chi connectivity index (χ4n) is 3.88. The molecule has 1 fully saturated rings. The minimum atomic E-state index is 0.480. The van der Waals surface area contributed by atoms with E-state index in [9.17, 15) is 0 Å². The summed E-state index contributed by atoms with van der Waals surface area (Å²) in [6, 6.07) is 8.25. The Morgan fingerprint density at radius 1 is 1.33 bits per heavy atom. The quantitative estimate of drug-likeness (QED) is 0.426. The van der Waals surface area contributed by atoms with E-state index in [1.807, 2.05) is 62.6 Å². The first-order valence-corrected chi connectivity index (χ1v) is 11.4. The van der Waals surface area contributed by atoms with Crippen LogP contribution in [0, 0.1) is 5.92 Å². The van der Waals surface area contributed by atoms with Gasteiger partial charge in [0.15, 0.2) is 5.82 Å². The normalized spacial score (nSPS) is 17.3. The van der Waals surface area contributed by atoms with Crippen molar-refractivity contribution in [3.8, 4) is 11.4 Å². The Bertz CT molecular complexity index is 1030. The van der Waals surface area contributed by atoms with Gasteiger partial charge in [0.05, 0.1) is 6.61 Å². The number of allylic oxidation sites excluding steroid dienone is 4. The van der Waals surface area contributed by atoms with Crippen LogP contribution in [0.25, 0.3) is 22.5 Å². The Balaban J connectivity index is 1.97. The minimum Gasteiger partial charge on any atom is -0.383 e. The topological polar surface area (TPSA) is 62.6 Å². The van der Waals surface area contributed by atoms with E-state index in [4.69, 9.17) is 14.7 Å². The highest BCUT2D eigenvalue weighted by molar-refractivity contribution is 6.11. The maximum Gasteiger partial charge on any atom is 0.161 e. The lowest BCUT2D eigenvalue weighted by atomic mass is 10.0. The molecule has 2 aromatic rings. The van der Waals surface area contributed by atoms with E-state index in [1.165, 1.54) is 0 Å². The summed E-state index contributed by atoms with van der Waals surface area (Å²) in [6.45, 7) is 8.44. The predicted octanol–water partition coefficient (Wildman–Crippen LogP) is 5.17. The standard InChI is InChI=1S/C27H35N5O/c1-6-21(16-28-3)25-17-30-26(31-27(25)29-15-20-10-9-13-33-19-20)24-12-8-11-23(14-24)22(7-2)18-32(4)5/h6-8,11-12,14,16-18,20H,2,9-10,13,15,19H2,1,3-5H3,(H,29,30,31)/b21-6+,22-18+,28-16-. The number of ether oxygens (including phenoxy) is 1. The zero-order valence-corrected chi connectivity index (χ0v) is 20.2. The summed E-state index contributed by atoms with van der Waals surface area (Å²) in [6.07, 6.45) is 11.9. The number of nitrogens with zero attached hydrogens (tertiary/aromatic N) is 4. The Kier molecular flexibility index (Phi) is 8.95. The van der Waals surface area contributed by atoms with Crippen molar-refractivity contribution in [2.75, 3.05) is 46.2 Å². The summed E-state index contributed by atoms with van der Waals surface area (Å²) >= 11 is 0. The molecule has 0 radical (unpaired) electrons. The molecule has 1 N–H and O–H groups in total. The van der Waals surface area contributed by atoms with Crippen molar-refractivity contribution < 1.29 is 4.74 Å². The molecule has 3 rings (SSSR count). The highest BCUT2D eigenvalue weighted by Crippen LogP contribution is 2.27. The number of rotatable bonds is 9. The second-order valence-corrected chi connectivity index (χ2v) is 8.38. The molecule has 0 amide bonds. The number of anilines is 1. The molecule has 0 aliphatic carbocycles. The zero-order chi connectivity index (χ0) is 23.6. The van der Waals surface area contributed by atoms with E-state index >= 15 is 0 Å². The van der Waals surface area contributed by atoms with Crippen LogP contribution in [0.2, 0.25) is 0 Å². The molecular formula is C27H35N5O. The van der Waals surface area contributed by atoms with Gasteiger partial charge in [-0.1, -0.05) is 36.9 Å². The second-order valence-electron chi connectivity index (χ2n) is 8.38. The third kappa shape index (κ3) is 6.62. The molecule has 174 valence electrons. The summed E-state index contributed by atoms with van der Waals surface area (Å²) < 4.78 is 5.65. The van der Waals surface area contributed by atoms with Crippen LogP contribution in [0.1, 0.15) is 30.9 Å². The molecule has 1 aromatic carbocycles. The van der Waals surface area contributed by atoms with E-state index in [1.54, 1.807) is 7.05 Å². The van der Waals surface area contributed by atoms with E-state index in [2.05, 4.69) is 35.2 Å². The van der Waals surface area contributed by atoms with Crippen LogP contribution in [-0.4, -0.2) is 62.0 Å². The van der Waals surface area contributed by atoms with Crippen LogP contribution in [-0.2, 0) is 4.74 Å². The molecule has 0 spiro atoms. The zero-order valence-electron chi connectivity index (χ0n) is 20.2. The molecule has 6 heteroatoms. The van der Waals surface area contributed by atoms with Crippen LogP contribution in [0.3, 0.4) is 0 Å². The van der Waals surface area contributed by atoms with Crippen LogP contribution in [0.15, 0.2) is 60.4 Å². The molecule has 1 atom stereocenters. The van der Waals surface area contributed by atoms with Crippen molar-refractivity contribution in [3.05, 3.63) is 66.5 Å². The van der Waals surface area contributed by atoms with Crippen LogP contribution >= 0.6 is 0 Å². The molecule has 6 nitrogen and oxygen atoms in total. The third-order valence-electron chi connectivity index (χ3n) is 5.56. The Hall–Kier alpha value is -3.25. The largest absolute Gasteiger partial charge is 0.383 e. The molecule has 1 unspecified atom stereocenters.